The van der Waals surface area contributed by atoms with Crippen LogP contribution in [-0.4, -0.2) is 46.0 Å². The number of hydrogen-bond donors (Lipinski definition) is 0. The molecule has 0 radical (unpaired) electrons. The molecule has 170 valence electrons. The van der Waals surface area contributed by atoms with Crippen LogP contribution in [0.5, 0.6) is 5.75 Å². The Hall–Kier alpha value is -3.29. The highest BCUT2D eigenvalue weighted by atomic mass is 19.1. The summed E-state index contributed by atoms with van der Waals surface area (Å²) in [6.07, 6.45) is 2.39. The molecule has 1 atom stereocenters. The Morgan fingerprint density at radius 3 is 2.91 bits per heavy atom. The van der Waals surface area contributed by atoms with Gasteiger partial charge in [0.15, 0.2) is 11.6 Å². The molecular formula is C26H27FN4O2. The number of benzene rings is 2. The lowest BCUT2D eigenvalue weighted by Crippen LogP contribution is -2.38. The molecule has 0 amide bonds. The maximum Gasteiger partial charge on any atom is 0.165 e. The number of halogens is 1. The molecule has 1 aliphatic rings. The zero-order valence-electron chi connectivity index (χ0n) is 18.7. The summed E-state index contributed by atoms with van der Waals surface area (Å²) in [5.41, 5.74) is 4.22. The Balaban J connectivity index is 1.23. The fourth-order valence-electron chi connectivity index (χ4n) is 4.31. The van der Waals surface area contributed by atoms with Crippen LogP contribution in [0.3, 0.4) is 0 Å². The molecule has 1 saturated heterocycles. The van der Waals surface area contributed by atoms with E-state index in [1.165, 1.54) is 11.6 Å². The topological polar surface area (TPSA) is 52.4 Å². The number of fused-ring (bicyclic) bond motifs is 1. The predicted molar refractivity (Wildman–Crippen MR) is 125 cm³/mol. The van der Waals surface area contributed by atoms with Crippen molar-refractivity contribution >= 4 is 10.9 Å². The molecule has 33 heavy (non-hydrogen) atoms. The molecule has 6 nitrogen and oxygen atoms in total. The first kappa shape index (κ1) is 21.6. The smallest absolute Gasteiger partial charge is 0.165 e. The summed E-state index contributed by atoms with van der Waals surface area (Å²) in [5.74, 6) is -0.0747. The van der Waals surface area contributed by atoms with E-state index >= 15 is 0 Å². The second-order valence-corrected chi connectivity index (χ2v) is 8.30. The van der Waals surface area contributed by atoms with Crippen molar-refractivity contribution in [1.82, 2.24) is 19.7 Å². The molecule has 0 spiro atoms. The van der Waals surface area contributed by atoms with Gasteiger partial charge < -0.3 is 9.47 Å². The van der Waals surface area contributed by atoms with Crippen molar-refractivity contribution in [3.63, 3.8) is 0 Å². The van der Waals surface area contributed by atoms with Crippen molar-refractivity contribution in [2.75, 3.05) is 26.3 Å². The largest absolute Gasteiger partial charge is 0.490 e. The SMILES string of the molecule is Cn1nc([C@H]2CN(Cc3cccc4cccnc34)CCO2)cc1CCOc1ccccc1F. The third kappa shape index (κ3) is 4.89. The second kappa shape index (κ2) is 9.68. The zero-order valence-corrected chi connectivity index (χ0v) is 18.7. The minimum atomic E-state index is -0.347. The van der Waals surface area contributed by atoms with Crippen LogP contribution in [0.2, 0.25) is 0 Å². The Morgan fingerprint density at radius 2 is 2.00 bits per heavy atom. The number of para-hydroxylation sites is 2. The summed E-state index contributed by atoms with van der Waals surface area (Å²) in [4.78, 5) is 6.98. The van der Waals surface area contributed by atoms with Crippen LogP contribution in [-0.2, 0) is 24.8 Å². The number of ether oxygens (including phenoxy) is 2. The van der Waals surface area contributed by atoms with Crippen molar-refractivity contribution in [2.24, 2.45) is 7.05 Å². The van der Waals surface area contributed by atoms with Crippen LogP contribution >= 0.6 is 0 Å². The first-order valence-electron chi connectivity index (χ1n) is 11.2. The molecule has 7 heteroatoms. The van der Waals surface area contributed by atoms with Crippen molar-refractivity contribution in [1.29, 1.82) is 0 Å². The van der Waals surface area contributed by atoms with Gasteiger partial charge in [-0.25, -0.2) is 4.39 Å². The minimum Gasteiger partial charge on any atom is -0.490 e. The fourth-order valence-corrected chi connectivity index (χ4v) is 4.31. The van der Waals surface area contributed by atoms with Crippen LogP contribution in [0.15, 0.2) is 66.9 Å². The van der Waals surface area contributed by atoms with Gasteiger partial charge in [-0.15, -0.1) is 0 Å². The second-order valence-electron chi connectivity index (χ2n) is 8.30. The van der Waals surface area contributed by atoms with Gasteiger partial charge in [0.2, 0.25) is 0 Å². The minimum absolute atomic E-state index is 0.0888. The lowest BCUT2D eigenvalue weighted by Gasteiger charge is -2.32. The average molecular weight is 447 g/mol. The summed E-state index contributed by atoms with van der Waals surface area (Å²) < 4.78 is 27.3. The summed E-state index contributed by atoms with van der Waals surface area (Å²) in [5, 5.41) is 5.85. The van der Waals surface area contributed by atoms with Crippen molar-refractivity contribution < 1.29 is 13.9 Å². The maximum absolute atomic E-state index is 13.8. The standard InChI is InChI=1S/C26H27FN4O2/c1-30-21(11-14-32-24-10-3-2-9-22(24)27)16-23(29-30)25-18-31(13-15-33-25)17-20-7-4-6-19-8-5-12-28-26(19)20/h2-10,12,16,25H,11,13-15,17-18H2,1H3/t25-/m1/s1. The third-order valence-electron chi connectivity index (χ3n) is 6.04. The number of aromatic nitrogens is 3. The van der Waals surface area contributed by atoms with E-state index in [4.69, 9.17) is 14.6 Å². The molecule has 0 saturated carbocycles. The van der Waals surface area contributed by atoms with E-state index in [0.717, 1.165) is 41.9 Å². The summed E-state index contributed by atoms with van der Waals surface area (Å²) >= 11 is 0. The predicted octanol–water partition coefficient (Wildman–Crippen LogP) is 4.30. The zero-order chi connectivity index (χ0) is 22.6. The third-order valence-corrected chi connectivity index (χ3v) is 6.04. The molecule has 0 N–H and O–H groups in total. The maximum atomic E-state index is 13.8. The van der Waals surface area contributed by atoms with Gasteiger partial charge in [0.25, 0.3) is 0 Å². The first-order valence-corrected chi connectivity index (χ1v) is 11.2. The molecule has 2 aromatic heterocycles. The highest BCUT2D eigenvalue weighted by Crippen LogP contribution is 2.25. The monoisotopic (exact) mass is 446 g/mol. The molecule has 0 unspecified atom stereocenters. The van der Waals surface area contributed by atoms with E-state index in [9.17, 15) is 4.39 Å². The van der Waals surface area contributed by atoms with Gasteiger partial charge in [-0.3, -0.25) is 14.6 Å². The summed E-state index contributed by atoms with van der Waals surface area (Å²) in [7, 11) is 1.92. The number of aryl methyl sites for hydroxylation is 1. The molecule has 2 aromatic carbocycles. The Bertz CT molecular complexity index is 1240. The van der Waals surface area contributed by atoms with E-state index in [2.05, 4.69) is 40.2 Å². The Morgan fingerprint density at radius 1 is 1.12 bits per heavy atom. The van der Waals surface area contributed by atoms with Crippen LogP contribution in [0, 0.1) is 5.82 Å². The number of morpholine rings is 1. The van der Waals surface area contributed by atoms with E-state index < -0.39 is 0 Å². The summed E-state index contributed by atoms with van der Waals surface area (Å²) in [6, 6.07) is 18.9. The van der Waals surface area contributed by atoms with E-state index in [1.54, 1.807) is 18.2 Å². The van der Waals surface area contributed by atoms with Crippen LogP contribution in [0.1, 0.15) is 23.1 Å². The molecule has 0 bridgehead atoms. The molecule has 0 aliphatic carbocycles. The molecular weight excluding hydrogens is 419 g/mol. The molecule has 1 aliphatic heterocycles. The quantitative estimate of drug-likeness (QED) is 0.424. The number of nitrogens with zero attached hydrogens (tertiary/aromatic N) is 4. The highest BCUT2D eigenvalue weighted by Gasteiger charge is 2.25. The van der Waals surface area contributed by atoms with Gasteiger partial charge in [0, 0.05) is 50.4 Å². The lowest BCUT2D eigenvalue weighted by molar-refractivity contribution is -0.0351. The van der Waals surface area contributed by atoms with Crippen LogP contribution in [0.4, 0.5) is 4.39 Å². The van der Waals surface area contributed by atoms with Crippen LogP contribution < -0.4 is 4.74 Å². The Kier molecular flexibility index (Phi) is 6.32. The summed E-state index contributed by atoms with van der Waals surface area (Å²) in [6.45, 7) is 3.50. The lowest BCUT2D eigenvalue weighted by atomic mass is 10.1. The van der Waals surface area contributed by atoms with Gasteiger partial charge in [-0.1, -0.05) is 36.4 Å². The van der Waals surface area contributed by atoms with Crippen molar-refractivity contribution in [3.8, 4) is 5.75 Å². The van der Waals surface area contributed by atoms with Crippen molar-refractivity contribution in [3.05, 3.63) is 89.6 Å². The molecule has 4 aromatic rings. The van der Waals surface area contributed by atoms with Gasteiger partial charge in [0.05, 0.1) is 24.4 Å². The number of pyridine rings is 1. The molecule has 3 heterocycles. The van der Waals surface area contributed by atoms with E-state index in [0.29, 0.717) is 19.6 Å². The van der Waals surface area contributed by atoms with Crippen molar-refractivity contribution in [2.45, 2.75) is 19.1 Å². The number of rotatable bonds is 7. The fraction of sp³-hybridized carbons (Fsp3) is 0.308. The highest BCUT2D eigenvalue weighted by molar-refractivity contribution is 5.81. The van der Waals surface area contributed by atoms with Gasteiger partial charge >= 0.3 is 0 Å². The normalized spacial score (nSPS) is 16.8. The number of hydrogen-bond acceptors (Lipinski definition) is 5. The first-order chi connectivity index (χ1) is 16.2. The molecule has 1 fully saturated rings. The van der Waals surface area contributed by atoms with Gasteiger partial charge in [0.1, 0.15) is 6.10 Å². The van der Waals surface area contributed by atoms with Gasteiger partial charge in [-0.2, -0.15) is 5.10 Å². The molecule has 5 rings (SSSR count). The van der Waals surface area contributed by atoms with Crippen LogP contribution in [0.25, 0.3) is 10.9 Å². The Labute approximate surface area is 192 Å². The van der Waals surface area contributed by atoms with E-state index in [1.807, 2.05) is 24.0 Å². The van der Waals surface area contributed by atoms with Gasteiger partial charge in [-0.05, 0) is 29.8 Å². The van der Waals surface area contributed by atoms with E-state index in [-0.39, 0.29) is 17.7 Å². The average Bonchev–Trinajstić information content (AvgIpc) is 3.21.